The highest BCUT2D eigenvalue weighted by Crippen LogP contribution is 2.38. The van der Waals surface area contributed by atoms with Gasteiger partial charge in [0.15, 0.2) is 0 Å². The highest BCUT2D eigenvalue weighted by Gasteiger charge is 2.38. The van der Waals surface area contributed by atoms with Crippen LogP contribution in [0.25, 0.3) is 0 Å². The quantitative estimate of drug-likeness (QED) is 0.653. The van der Waals surface area contributed by atoms with Crippen molar-refractivity contribution in [3.63, 3.8) is 0 Å². The van der Waals surface area contributed by atoms with E-state index in [4.69, 9.17) is 9.47 Å². The highest BCUT2D eigenvalue weighted by molar-refractivity contribution is 5.94. The number of fused-ring (bicyclic) bond motifs is 3. The van der Waals surface area contributed by atoms with Crippen molar-refractivity contribution >= 4 is 5.91 Å². The number of hydrogen-bond acceptors (Lipinski definition) is 4. The molecule has 2 aromatic carbocycles. The van der Waals surface area contributed by atoms with Crippen LogP contribution in [-0.4, -0.2) is 48.3 Å². The van der Waals surface area contributed by atoms with Gasteiger partial charge in [0.05, 0.1) is 6.10 Å². The summed E-state index contributed by atoms with van der Waals surface area (Å²) in [5.74, 6) is 0.789. The Hall–Kier alpha value is -2.37. The third-order valence-electron chi connectivity index (χ3n) is 8.38. The fourth-order valence-electron chi connectivity index (χ4n) is 6.45. The van der Waals surface area contributed by atoms with Gasteiger partial charge in [0.25, 0.3) is 5.91 Å². The first-order valence-corrected chi connectivity index (χ1v) is 13.2. The Morgan fingerprint density at radius 1 is 0.971 bits per heavy atom. The molecule has 0 spiro atoms. The molecule has 1 amide bonds. The third-order valence-corrected chi connectivity index (χ3v) is 8.38. The summed E-state index contributed by atoms with van der Waals surface area (Å²) in [5.41, 5.74) is 5.01. The fourth-order valence-corrected chi connectivity index (χ4v) is 6.45. The van der Waals surface area contributed by atoms with Crippen LogP contribution in [0.5, 0.6) is 5.75 Å². The molecule has 0 radical (unpaired) electrons. The number of nitrogens with one attached hydrogen (secondary N) is 1. The summed E-state index contributed by atoms with van der Waals surface area (Å²) >= 11 is 0. The van der Waals surface area contributed by atoms with Crippen LogP contribution in [0.2, 0.25) is 0 Å². The summed E-state index contributed by atoms with van der Waals surface area (Å²) in [4.78, 5) is 15.6. The van der Waals surface area contributed by atoms with Gasteiger partial charge in [-0.2, -0.15) is 0 Å². The van der Waals surface area contributed by atoms with Crippen LogP contribution in [0.3, 0.4) is 0 Å². The zero-order valence-corrected chi connectivity index (χ0v) is 20.0. The van der Waals surface area contributed by atoms with Crippen molar-refractivity contribution < 1.29 is 14.3 Å². The van der Waals surface area contributed by atoms with Crippen molar-refractivity contribution in [2.75, 3.05) is 13.2 Å². The first kappa shape index (κ1) is 22.1. The van der Waals surface area contributed by atoms with Crippen molar-refractivity contribution in [1.82, 2.24) is 10.2 Å². The van der Waals surface area contributed by atoms with E-state index < -0.39 is 0 Å². The summed E-state index contributed by atoms with van der Waals surface area (Å²) in [7, 11) is 0. The summed E-state index contributed by atoms with van der Waals surface area (Å²) in [6.45, 7) is 2.52. The Balaban J connectivity index is 1.02. The number of benzene rings is 2. The molecule has 0 saturated carbocycles. The maximum Gasteiger partial charge on any atom is 0.251 e. The van der Waals surface area contributed by atoms with Gasteiger partial charge in [-0.3, -0.25) is 9.69 Å². The van der Waals surface area contributed by atoms with Gasteiger partial charge in [0.2, 0.25) is 0 Å². The second-order valence-electron chi connectivity index (χ2n) is 10.6. The number of carbonyl (C=O) groups excluding carboxylic acids is 1. The van der Waals surface area contributed by atoms with Crippen LogP contribution >= 0.6 is 0 Å². The van der Waals surface area contributed by atoms with Crippen molar-refractivity contribution in [2.24, 2.45) is 0 Å². The predicted octanol–water partition coefficient (Wildman–Crippen LogP) is 4.66. The molecule has 2 bridgehead atoms. The van der Waals surface area contributed by atoms with E-state index in [0.29, 0.717) is 12.2 Å². The molecule has 180 valence electrons. The van der Waals surface area contributed by atoms with E-state index in [2.05, 4.69) is 28.4 Å². The van der Waals surface area contributed by atoms with Gasteiger partial charge in [-0.25, -0.2) is 0 Å². The summed E-state index contributed by atoms with van der Waals surface area (Å²) in [6.07, 6.45) is 10.9. The molecule has 34 heavy (non-hydrogen) atoms. The molecule has 4 aliphatic rings. The minimum atomic E-state index is 0.000236. The van der Waals surface area contributed by atoms with E-state index in [9.17, 15) is 4.79 Å². The second kappa shape index (κ2) is 9.71. The van der Waals surface area contributed by atoms with E-state index in [1.807, 2.05) is 24.3 Å². The van der Waals surface area contributed by atoms with E-state index in [-0.39, 0.29) is 18.1 Å². The fraction of sp³-hybridized carbons (Fsp3) is 0.552. The average molecular weight is 461 g/mol. The first-order valence-electron chi connectivity index (χ1n) is 13.2. The smallest absolute Gasteiger partial charge is 0.251 e. The zero-order chi connectivity index (χ0) is 22.9. The van der Waals surface area contributed by atoms with Crippen LogP contribution in [0, 0.1) is 0 Å². The number of nitrogens with zero attached hydrogens (tertiary/aromatic N) is 1. The highest BCUT2D eigenvalue weighted by atomic mass is 16.5. The Kier molecular flexibility index (Phi) is 6.32. The lowest BCUT2D eigenvalue weighted by Crippen LogP contribution is -2.38. The van der Waals surface area contributed by atoms with E-state index in [1.165, 1.54) is 42.4 Å². The first-order chi connectivity index (χ1) is 16.7. The predicted molar refractivity (Wildman–Crippen MR) is 132 cm³/mol. The minimum absolute atomic E-state index is 0.000236. The van der Waals surface area contributed by atoms with Gasteiger partial charge in [-0.15, -0.1) is 0 Å². The Labute approximate surface area is 202 Å². The van der Waals surface area contributed by atoms with Crippen LogP contribution in [-0.2, 0) is 24.1 Å². The van der Waals surface area contributed by atoms with E-state index in [0.717, 1.165) is 63.1 Å². The van der Waals surface area contributed by atoms with Gasteiger partial charge in [-0.1, -0.05) is 18.2 Å². The molecule has 2 atom stereocenters. The van der Waals surface area contributed by atoms with Gasteiger partial charge in [-0.05, 0) is 98.7 Å². The summed E-state index contributed by atoms with van der Waals surface area (Å²) < 4.78 is 11.4. The average Bonchev–Trinajstić information content (AvgIpc) is 3.62. The molecule has 0 aromatic heterocycles. The topological polar surface area (TPSA) is 50.8 Å². The monoisotopic (exact) mass is 460 g/mol. The zero-order valence-electron chi connectivity index (χ0n) is 20.0. The lowest BCUT2D eigenvalue weighted by atomic mass is 9.87. The normalized spacial score (nSPS) is 28.1. The van der Waals surface area contributed by atoms with Gasteiger partial charge >= 0.3 is 0 Å². The Morgan fingerprint density at radius 3 is 2.50 bits per heavy atom. The summed E-state index contributed by atoms with van der Waals surface area (Å²) in [6, 6.07) is 16.4. The van der Waals surface area contributed by atoms with Crippen molar-refractivity contribution in [2.45, 2.75) is 88.6 Å². The maximum absolute atomic E-state index is 12.8. The number of hydrogen-bond donors (Lipinski definition) is 1. The lowest BCUT2D eigenvalue weighted by molar-refractivity contribution is 0.0679. The number of aryl methyl sites for hydroxylation is 1. The van der Waals surface area contributed by atoms with Crippen molar-refractivity contribution in [3.8, 4) is 5.75 Å². The van der Waals surface area contributed by atoms with Gasteiger partial charge < -0.3 is 14.8 Å². The molecule has 1 aliphatic carbocycles. The van der Waals surface area contributed by atoms with Crippen molar-refractivity contribution in [1.29, 1.82) is 0 Å². The number of rotatable bonds is 7. The van der Waals surface area contributed by atoms with Crippen LogP contribution in [0.15, 0.2) is 42.5 Å². The maximum atomic E-state index is 12.8. The minimum Gasteiger partial charge on any atom is -0.491 e. The molecule has 5 heteroatoms. The Bertz CT molecular complexity index is 995. The molecule has 3 aliphatic heterocycles. The largest absolute Gasteiger partial charge is 0.491 e. The third kappa shape index (κ3) is 4.73. The van der Waals surface area contributed by atoms with Crippen molar-refractivity contribution in [3.05, 3.63) is 64.7 Å². The molecule has 0 unspecified atom stereocenters. The molecule has 5 nitrogen and oxygen atoms in total. The molecule has 3 saturated heterocycles. The molecular weight excluding hydrogens is 424 g/mol. The second-order valence-corrected chi connectivity index (χ2v) is 10.6. The summed E-state index contributed by atoms with van der Waals surface area (Å²) in [5, 5.41) is 3.26. The molecule has 1 N–H and O–H groups in total. The standard InChI is InChI=1S/C29H36N2O3/c32-29(21-6-13-27(14-7-21)34-19-28-2-1-15-33-28)30-24-8-5-22-16-20(3-4-23(22)17-24)18-31-25-9-10-26(31)12-11-25/h3-4,6-7,13-14,16,24-26,28H,1-2,5,8-12,15,17-19H2,(H,30,32)/t24-,25?,26?,28-/m0/s1. The van der Waals surface area contributed by atoms with Gasteiger partial charge in [0, 0.05) is 36.8 Å². The molecule has 3 heterocycles. The van der Waals surface area contributed by atoms with Crippen LogP contribution in [0.4, 0.5) is 0 Å². The number of carbonyl (C=O) groups is 1. The van der Waals surface area contributed by atoms with Crippen LogP contribution < -0.4 is 10.1 Å². The Morgan fingerprint density at radius 2 is 1.76 bits per heavy atom. The lowest BCUT2D eigenvalue weighted by Gasteiger charge is -2.27. The number of amides is 1. The molecule has 3 fully saturated rings. The van der Waals surface area contributed by atoms with E-state index >= 15 is 0 Å². The van der Waals surface area contributed by atoms with Gasteiger partial charge in [0.1, 0.15) is 12.4 Å². The number of ether oxygens (including phenoxy) is 2. The van der Waals surface area contributed by atoms with Crippen LogP contribution in [0.1, 0.15) is 72.0 Å². The molecule has 2 aromatic rings. The molecular formula is C29H36N2O3. The molecule has 6 rings (SSSR count). The van der Waals surface area contributed by atoms with E-state index in [1.54, 1.807) is 0 Å². The SMILES string of the molecule is O=C(N[C@H]1CCc2cc(CN3C4CCC3CC4)ccc2C1)c1ccc(OC[C@@H]2CCCO2)cc1.